The highest BCUT2D eigenvalue weighted by Crippen LogP contribution is 2.50. The predicted octanol–water partition coefficient (Wildman–Crippen LogP) is 13.9. The molecule has 0 atom stereocenters. The van der Waals surface area contributed by atoms with E-state index in [1.54, 1.807) is 0 Å². The molecule has 7 aromatic carbocycles. The summed E-state index contributed by atoms with van der Waals surface area (Å²) in [6.45, 7) is 18.4. The number of benzene rings is 7. The molecule has 0 bridgehead atoms. The van der Waals surface area contributed by atoms with Crippen LogP contribution in [0.3, 0.4) is 0 Å². The molecule has 0 N–H and O–H groups in total. The second-order valence-corrected chi connectivity index (χ2v) is 16.8. The van der Waals surface area contributed by atoms with Crippen LogP contribution in [0.5, 0.6) is 0 Å². The van der Waals surface area contributed by atoms with Crippen molar-refractivity contribution < 1.29 is 0 Å². The molecule has 0 amide bonds. The van der Waals surface area contributed by atoms with Crippen LogP contribution >= 0.6 is 0 Å². The first-order chi connectivity index (χ1) is 23.3. The first-order valence-electron chi connectivity index (χ1n) is 17.7. The molecule has 7 aromatic rings. The summed E-state index contributed by atoms with van der Waals surface area (Å²) in [6, 6.07) is 50.8. The van der Waals surface area contributed by atoms with Gasteiger partial charge in [0, 0.05) is 5.41 Å². The average Bonchev–Trinajstić information content (AvgIpc) is 3.31. The van der Waals surface area contributed by atoms with Crippen LogP contribution in [0.2, 0.25) is 0 Å². The maximum atomic E-state index is 2.43. The Kier molecular flexibility index (Phi) is 7.06. The predicted molar refractivity (Wildman–Crippen MR) is 213 cm³/mol. The molecule has 0 heteroatoms. The van der Waals surface area contributed by atoms with Crippen LogP contribution in [0, 0.1) is 0 Å². The highest BCUT2D eigenvalue weighted by molar-refractivity contribution is 5.94. The van der Waals surface area contributed by atoms with Crippen molar-refractivity contribution >= 4 is 21.5 Å². The van der Waals surface area contributed by atoms with Gasteiger partial charge in [-0.1, -0.05) is 159 Å². The molecule has 0 unspecified atom stereocenters. The van der Waals surface area contributed by atoms with E-state index in [-0.39, 0.29) is 16.2 Å². The molecule has 0 fully saturated rings. The number of hydrogen-bond donors (Lipinski definition) is 0. The molecule has 0 heterocycles. The third-order valence-corrected chi connectivity index (χ3v) is 11.0. The highest BCUT2D eigenvalue weighted by atomic mass is 14.4. The molecule has 1 aliphatic carbocycles. The Hall–Kier alpha value is -4.94. The monoisotopic (exact) mass is 634 g/mol. The Labute approximate surface area is 292 Å². The van der Waals surface area contributed by atoms with Gasteiger partial charge in [-0.15, -0.1) is 0 Å². The molecular weight excluding hydrogens is 589 g/mol. The number of fused-ring (bicyclic) bond motifs is 5. The summed E-state index contributed by atoms with van der Waals surface area (Å²) >= 11 is 0. The van der Waals surface area contributed by atoms with Gasteiger partial charge in [-0.2, -0.15) is 0 Å². The van der Waals surface area contributed by atoms with Gasteiger partial charge in [0.2, 0.25) is 0 Å². The van der Waals surface area contributed by atoms with Crippen molar-refractivity contribution in [2.75, 3.05) is 0 Å². The van der Waals surface area contributed by atoms with Crippen molar-refractivity contribution in [2.24, 2.45) is 0 Å². The van der Waals surface area contributed by atoms with E-state index < -0.39 is 0 Å². The van der Waals surface area contributed by atoms with Gasteiger partial charge in [0.25, 0.3) is 0 Å². The van der Waals surface area contributed by atoms with Crippen molar-refractivity contribution in [3.8, 4) is 44.5 Å². The smallest absolute Gasteiger partial charge is 0.0159 e. The zero-order valence-corrected chi connectivity index (χ0v) is 30.2. The standard InChI is InChI=1S/C49H46/c1-47(2,3)41-20-15-31(16-21-41)39-18-23-43-44-24-19-40(30-46(44)49(7,8)45(43)29-39)36-12-11-33-25-32(9-10-34(33)26-36)35-13-14-38-28-42(48(4,5)6)22-17-37(38)27-35/h9-30H,1-8H3. The van der Waals surface area contributed by atoms with E-state index in [4.69, 9.17) is 0 Å². The average molecular weight is 635 g/mol. The van der Waals surface area contributed by atoms with Crippen LogP contribution in [0.1, 0.15) is 77.6 Å². The summed E-state index contributed by atoms with van der Waals surface area (Å²) in [5.41, 5.74) is 16.1. The molecule has 242 valence electrons. The zero-order chi connectivity index (χ0) is 34.3. The molecule has 8 rings (SSSR count). The van der Waals surface area contributed by atoms with E-state index in [1.165, 1.54) is 88.3 Å². The molecular formula is C49H46. The first kappa shape index (κ1) is 31.3. The summed E-state index contributed by atoms with van der Waals surface area (Å²) in [5.74, 6) is 0. The molecule has 49 heavy (non-hydrogen) atoms. The van der Waals surface area contributed by atoms with E-state index >= 15 is 0 Å². The first-order valence-corrected chi connectivity index (χ1v) is 17.7. The quantitative estimate of drug-likeness (QED) is 0.181. The summed E-state index contributed by atoms with van der Waals surface area (Å²) < 4.78 is 0. The SMILES string of the molecule is CC(C)(C)c1ccc(-c2ccc3c(c2)C(C)(C)c2cc(-c4ccc5cc(-c6ccc7cc(C(C)(C)C)ccc7c6)ccc5c4)ccc2-3)cc1. The molecule has 0 nitrogen and oxygen atoms in total. The van der Waals surface area contributed by atoms with Crippen LogP contribution < -0.4 is 0 Å². The lowest BCUT2D eigenvalue weighted by Crippen LogP contribution is -2.15. The zero-order valence-electron chi connectivity index (χ0n) is 30.2. The Bertz CT molecular complexity index is 2400. The lowest BCUT2D eigenvalue weighted by molar-refractivity contribution is 0.590. The van der Waals surface area contributed by atoms with Gasteiger partial charge in [0.15, 0.2) is 0 Å². The van der Waals surface area contributed by atoms with Crippen LogP contribution in [0.25, 0.3) is 66.1 Å². The van der Waals surface area contributed by atoms with E-state index in [2.05, 4.69) is 189 Å². The van der Waals surface area contributed by atoms with E-state index in [0.717, 1.165) is 0 Å². The fourth-order valence-corrected chi connectivity index (χ4v) is 7.76. The molecule has 0 saturated heterocycles. The van der Waals surface area contributed by atoms with Crippen LogP contribution in [-0.4, -0.2) is 0 Å². The molecule has 0 radical (unpaired) electrons. The minimum Gasteiger partial charge on any atom is -0.0579 e. The Balaban J connectivity index is 1.09. The highest BCUT2D eigenvalue weighted by Gasteiger charge is 2.36. The fraction of sp³-hybridized carbons (Fsp3) is 0.224. The summed E-state index contributed by atoms with van der Waals surface area (Å²) in [5, 5.41) is 5.12. The van der Waals surface area contributed by atoms with Crippen LogP contribution in [-0.2, 0) is 16.2 Å². The van der Waals surface area contributed by atoms with E-state index in [9.17, 15) is 0 Å². The second kappa shape index (κ2) is 11.0. The maximum Gasteiger partial charge on any atom is 0.0159 e. The summed E-state index contributed by atoms with van der Waals surface area (Å²) in [4.78, 5) is 0. The summed E-state index contributed by atoms with van der Waals surface area (Å²) in [7, 11) is 0. The van der Waals surface area contributed by atoms with Gasteiger partial charge in [0.05, 0.1) is 0 Å². The van der Waals surface area contributed by atoms with Gasteiger partial charge in [-0.3, -0.25) is 0 Å². The second-order valence-electron chi connectivity index (χ2n) is 16.8. The topological polar surface area (TPSA) is 0 Å². The van der Waals surface area contributed by atoms with Crippen molar-refractivity contribution in [2.45, 2.75) is 71.6 Å². The molecule has 0 spiro atoms. The lowest BCUT2D eigenvalue weighted by Gasteiger charge is -2.23. The minimum absolute atomic E-state index is 0.0814. The van der Waals surface area contributed by atoms with Gasteiger partial charge in [-0.05, 0) is 129 Å². The molecule has 1 aliphatic rings. The fourth-order valence-electron chi connectivity index (χ4n) is 7.76. The van der Waals surface area contributed by atoms with Crippen molar-refractivity contribution in [1.29, 1.82) is 0 Å². The van der Waals surface area contributed by atoms with Gasteiger partial charge >= 0.3 is 0 Å². The van der Waals surface area contributed by atoms with Gasteiger partial charge < -0.3 is 0 Å². The Morgan fingerprint density at radius 2 is 0.653 bits per heavy atom. The molecule has 0 aromatic heterocycles. The van der Waals surface area contributed by atoms with E-state index in [0.29, 0.717) is 0 Å². The van der Waals surface area contributed by atoms with Gasteiger partial charge in [-0.25, -0.2) is 0 Å². The van der Waals surface area contributed by atoms with Crippen LogP contribution in [0.4, 0.5) is 0 Å². The van der Waals surface area contributed by atoms with Crippen molar-refractivity contribution in [1.82, 2.24) is 0 Å². The Morgan fingerprint density at radius 3 is 1.10 bits per heavy atom. The number of hydrogen-bond acceptors (Lipinski definition) is 0. The van der Waals surface area contributed by atoms with Gasteiger partial charge in [0.1, 0.15) is 0 Å². The van der Waals surface area contributed by atoms with Crippen LogP contribution in [0.15, 0.2) is 133 Å². The third-order valence-electron chi connectivity index (χ3n) is 11.0. The largest absolute Gasteiger partial charge is 0.0579 e. The maximum absolute atomic E-state index is 2.43. The molecule has 0 aliphatic heterocycles. The minimum atomic E-state index is -0.0814. The van der Waals surface area contributed by atoms with Crippen molar-refractivity contribution in [3.05, 3.63) is 156 Å². The summed E-state index contributed by atoms with van der Waals surface area (Å²) in [6.07, 6.45) is 0. The normalized spacial score (nSPS) is 13.9. The Morgan fingerprint density at radius 1 is 0.327 bits per heavy atom. The van der Waals surface area contributed by atoms with Crippen molar-refractivity contribution in [3.63, 3.8) is 0 Å². The molecule has 0 saturated carbocycles. The lowest BCUT2D eigenvalue weighted by atomic mass is 9.80. The van der Waals surface area contributed by atoms with E-state index in [1.807, 2.05) is 0 Å². The number of rotatable bonds is 3. The third kappa shape index (κ3) is 5.48.